The molecule has 0 amide bonds. The second-order valence-electron chi connectivity index (χ2n) is 8.45. The zero-order chi connectivity index (χ0) is 32.2. The Hall–Kier alpha value is -4.62. The predicted molar refractivity (Wildman–Crippen MR) is 160 cm³/mol. The van der Waals surface area contributed by atoms with Crippen LogP contribution in [-0.2, 0) is 28.5 Å². The number of aliphatic hydroxyl groups excluding tert-OH is 2. The maximum Gasteiger partial charge on any atom is 0.330 e. The van der Waals surface area contributed by atoms with Gasteiger partial charge in [-0.15, -0.1) is 0 Å². The van der Waals surface area contributed by atoms with Crippen molar-refractivity contribution in [3.63, 3.8) is 0 Å². The van der Waals surface area contributed by atoms with Crippen LogP contribution in [0.5, 0.6) is 23.0 Å². The fourth-order valence-corrected chi connectivity index (χ4v) is 3.32. The van der Waals surface area contributed by atoms with Gasteiger partial charge >= 0.3 is 11.9 Å². The van der Waals surface area contributed by atoms with Gasteiger partial charge in [0.1, 0.15) is 39.6 Å². The van der Waals surface area contributed by atoms with Crippen molar-refractivity contribution in [1.29, 1.82) is 0 Å². The number of aliphatic hydroxyl groups is 2. The van der Waals surface area contributed by atoms with E-state index in [0.29, 0.717) is 23.0 Å². The summed E-state index contributed by atoms with van der Waals surface area (Å²) in [5.74, 6) is 0.365. The highest BCUT2D eigenvalue weighted by Crippen LogP contribution is 2.37. The molecule has 12 heteroatoms. The average Bonchev–Trinajstić information content (AvgIpc) is 3.05. The number of benzene rings is 2. The van der Waals surface area contributed by atoms with Crippen molar-refractivity contribution in [2.45, 2.75) is 12.6 Å². The molecule has 0 spiro atoms. The third-order valence-corrected chi connectivity index (χ3v) is 5.39. The van der Waals surface area contributed by atoms with Crippen molar-refractivity contribution in [1.82, 2.24) is 0 Å². The molecule has 0 saturated heterocycles. The topological polar surface area (TPSA) is 148 Å². The van der Waals surface area contributed by atoms with Gasteiger partial charge in [0, 0.05) is 12.2 Å². The van der Waals surface area contributed by atoms with E-state index in [0.717, 1.165) is 23.3 Å². The Balaban J connectivity index is 2.26. The molecule has 2 aromatic rings. The first-order valence-corrected chi connectivity index (χ1v) is 13.5. The van der Waals surface area contributed by atoms with Crippen molar-refractivity contribution in [3.05, 3.63) is 87.0 Å². The van der Waals surface area contributed by atoms with Crippen LogP contribution in [0.4, 0.5) is 0 Å². The van der Waals surface area contributed by atoms with E-state index in [4.69, 9.17) is 37.9 Å². The van der Waals surface area contributed by atoms with Gasteiger partial charge in [0.25, 0.3) is 0 Å². The normalized spacial score (nSPS) is 11.8. The molecule has 0 radical (unpaired) electrons. The maximum atomic E-state index is 11.4. The molecule has 0 bridgehead atoms. The van der Waals surface area contributed by atoms with E-state index < -0.39 is 24.5 Å². The number of rotatable bonds is 23. The van der Waals surface area contributed by atoms with E-state index >= 15 is 0 Å². The molecular weight excluding hydrogens is 576 g/mol. The van der Waals surface area contributed by atoms with Gasteiger partial charge in [0.05, 0.1) is 13.2 Å². The molecule has 0 aliphatic carbocycles. The molecule has 0 heterocycles. The highest BCUT2D eigenvalue weighted by Gasteiger charge is 2.13. The molecule has 44 heavy (non-hydrogen) atoms. The summed E-state index contributed by atoms with van der Waals surface area (Å²) in [4.78, 5) is 22.7. The highest BCUT2D eigenvalue weighted by molar-refractivity contribution is 5.81. The van der Waals surface area contributed by atoms with Crippen molar-refractivity contribution in [2.75, 3.05) is 52.9 Å². The second kappa shape index (κ2) is 20.3. The molecule has 2 unspecified atom stereocenters. The highest BCUT2D eigenvalue weighted by atomic mass is 16.6. The van der Waals surface area contributed by atoms with Crippen LogP contribution in [0.1, 0.15) is 0 Å². The first kappa shape index (κ1) is 35.6. The monoisotopic (exact) mass is 614 g/mol. The Morgan fingerprint density at radius 3 is 1.30 bits per heavy atom. The number of ether oxygens (including phenoxy) is 8. The number of carbonyl (C=O) groups is 2. The zero-order valence-electron chi connectivity index (χ0n) is 24.4. The third kappa shape index (κ3) is 13.1. The minimum Gasteiger partial charge on any atom is -0.487 e. The van der Waals surface area contributed by atoms with Crippen molar-refractivity contribution in [3.8, 4) is 34.1 Å². The molecule has 0 fully saturated rings. The molecule has 2 rings (SSSR count). The smallest absolute Gasteiger partial charge is 0.330 e. The first-order chi connectivity index (χ1) is 21.3. The molecule has 2 aromatic carbocycles. The maximum absolute atomic E-state index is 11.4. The summed E-state index contributed by atoms with van der Waals surface area (Å²) in [6, 6.07) is 10.5. The van der Waals surface area contributed by atoms with Gasteiger partial charge in [-0.2, -0.15) is 0 Å². The van der Waals surface area contributed by atoms with Crippen LogP contribution in [0.15, 0.2) is 87.0 Å². The minimum atomic E-state index is -1.13. The standard InChI is InChI=1S/C32H38O12/c1-5-29(33)41-17-13-37-25-11-9-23(21-27(25)39-15-19-43-31(35)7-3)24-10-12-26(38-14-18-42-30(34)6-2)28(22-24)40-16-20-44-32(36)8-4/h5-12,21-22,29,32-33,36H,1-4,13-20H2. The summed E-state index contributed by atoms with van der Waals surface area (Å²) in [7, 11) is 0. The SMILES string of the molecule is C=CC(=O)OCCOc1cc(-c2ccc(OCCOC(=O)C=C)c(OCCOC(O)C=C)c2)ccc1OCCOC(O)C=C. The predicted octanol–water partition coefficient (Wildman–Crippen LogP) is 3.37. The fraction of sp³-hybridized carbons (Fsp3) is 0.312. The Morgan fingerprint density at radius 2 is 0.932 bits per heavy atom. The molecule has 2 N–H and O–H groups in total. The Labute approximate surface area is 256 Å². The van der Waals surface area contributed by atoms with Gasteiger partial charge < -0.3 is 48.1 Å². The van der Waals surface area contributed by atoms with Crippen LogP contribution in [0.3, 0.4) is 0 Å². The molecule has 0 aliphatic heterocycles. The van der Waals surface area contributed by atoms with Crippen LogP contribution in [0, 0.1) is 0 Å². The Bertz CT molecular complexity index is 1240. The lowest BCUT2D eigenvalue weighted by Crippen LogP contribution is -2.15. The fourth-order valence-electron chi connectivity index (χ4n) is 3.32. The summed E-state index contributed by atoms with van der Waals surface area (Å²) < 4.78 is 43.6. The van der Waals surface area contributed by atoms with E-state index in [1.165, 1.54) is 12.2 Å². The van der Waals surface area contributed by atoms with Gasteiger partial charge in [-0.3, -0.25) is 0 Å². The van der Waals surface area contributed by atoms with Crippen molar-refractivity contribution < 1.29 is 57.7 Å². The van der Waals surface area contributed by atoms with Gasteiger partial charge in [-0.1, -0.05) is 38.4 Å². The van der Waals surface area contributed by atoms with Crippen LogP contribution in [-0.4, -0.2) is 87.6 Å². The molecule has 2 atom stereocenters. The van der Waals surface area contributed by atoms with E-state index in [9.17, 15) is 19.8 Å². The summed E-state index contributed by atoms with van der Waals surface area (Å²) in [5, 5.41) is 19.0. The lowest BCUT2D eigenvalue weighted by molar-refractivity contribution is -0.139. The summed E-state index contributed by atoms with van der Waals surface area (Å²) >= 11 is 0. The number of hydrogen-bond acceptors (Lipinski definition) is 12. The van der Waals surface area contributed by atoms with Gasteiger partial charge in [-0.25, -0.2) is 9.59 Å². The Kier molecular flexibility index (Phi) is 16.4. The molecule has 0 saturated carbocycles. The number of hydrogen-bond donors (Lipinski definition) is 2. The van der Waals surface area contributed by atoms with E-state index in [1.807, 2.05) is 0 Å². The lowest BCUT2D eigenvalue weighted by Gasteiger charge is -2.17. The Morgan fingerprint density at radius 1 is 0.568 bits per heavy atom. The van der Waals surface area contributed by atoms with Crippen LogP contribution >= 0.6 is 0 Å². The van der Waals surface area contributed by atoms with Gasteiger partial charge in [0.15, 0.2) is 35.6 Å². The summed E-state index contributed by atoms with van der Waals surface area (Å²) in [5.41, 5.74) is 1.45. The lowest BCUT2D eigenvalue weighted by atomic mass is 10.0. The summed E-state index contributed by atoms with van der Waals surface area (Å²) in [6.07, 6.45) is 2.37. The van der Waals surface area contributed by atoms with E-state index in [1.54, 1.807) is 36.4 Å². The third-order valence-electron chi connectivity index (χ3n) is 5.39. The quantitative estimate of drug-likeness (QED) is 0.0622. The van der Waals surface area contributed by atoms with Gasteiger partial charge in [-0.05, 0) is 47.5 Å². The van der Waals surface area contributed by atoms with E-state index in [2.05, 4.69) is 26.3 Å². The molecular formula is C32H38O12. The minimum absolute atomic E-state index is 0.00252. The van der Waals surface area contributed by atoms with Crippen molar-refractivity contribution in [2.24, 2.45) is 0 Å². The van der Waals surface area contributed by atoms with Crippen LogP contribution in [0.25, 0.3) is 11.1 Å². The summed E-state index contributed by atoms with van der Waals surface area (Å²) in [6.45, 7) is 14.1. The van der Waals surface area contributed by atoms with E-state index in [-0.39, 0.29) is 52.9 Å². The second-order valence-corrected chi connectivity index (χ2v) is 8.45. The number of esters is 2. The molecule has 0 aromatic heterocycles. The average molecular weight is 615 g/mol. The number of carbonyl (C=O) groups excluding carboxylic acids is 2. The first-order valence-electron chi connectivity index (χ1n) is 13.5. The molecule has 12 nitrogen and oxygen atoms in total. The van der Waals surface area contributed by atoms with Crippen LogP contribution in [0.2, 0.25) is 0 Å². The largest absolute Gasteiger partial charge is 0.487 e. The zero-order valence-corrected chi connectivity index (χ0v) is 24.4. The van der Waals surface area contributed by atoms with Crippen LogP contribution < -0.4 is 18.9 Å². The molecule has 238 valence electrons. The molecule has 0 aliphatic rings. The van der Waals surface area contributed by atoms with Crippen molar-refractivity contribution >= 4 is 11.9 Å². The van der Waals surface area contributed by atoms with Gasteiger partial charge in [0.2, 0.25) is 0 Å².